The Bertz CT molecular complexity index is 442. The number of rotatable bonds is 4. The minimum absolute atomic E-state index is 0.0605. The highest BCUT2D eigenvalue weighted by atomic mass is 16.4. The molecule has 0 fully saturated rings. The van der Waals surface area contributed by atoms with Crippen LogP contribution in [0.4, 0.5) is 5.69 Å². The highest BCUT2D eigenvalue weighted by Crippen LogP contribution is 2.13. The number of hydrogen-bond donors (Lipinski definition) is 4. The summed E-state index contributed by atoms with van der Waals surface area (Å²) in [6.07, 6.45) is 2.33. The van der Waals surface area contributed by atoms with Gasteiger partial charge in [-0.2, -0.15) is 5.10 Å². The van der Waals surface area contributed by atoms with Gasteiger partial charge in [-0.15, -0.1) is 0 Å². The van der Waals surface area contributed by atoms with Crippen LogP contribution in [0, 0.1) is 0 Å². The maximum absolute atomic E-state index is 10.8. The van der Waals surface area contributed by atoms with Crippen molar-refractivity contribution in [3.05, 3.63) is 29.3 Å². The molecule has 1 rings (SSSR count). The molecule has 0 spiro atoms. The van der Waals surface area contributed by atoms with Gasteiger partial charge in [0.25, 0.3) is 0 Å². The zero-order chi connectivity index (χ0) is 12.0. The van der Waals surface area contributed by atoms with Crippen LogP contribution < -0.4 is 11.2 Å². The average Bonchev–Trinajstić information content (AvgIpc) is 2.26. The van der Waals surface area contributed by atoms with Crippen LogP contribution in [-0.2, 0) is 0 Å². The lowest BCUT2D eigenvalue weighted by Gasteiger charge is -2.03. The molecule has 0 saturated heterocycles. The van der Waals surface area contributed by atoms with E-state index in [2.05, 4.69) is 15.6 Å². The smallest absolute Gasteiger partial charge is 0.335 e. The van der Waals surface area contributed by atoms with Crippen molar-refractivity contribution < 1.29 is 15.1 Å². The van der Waals surface area contributed by atoms with Crippen LogP contribution in [0.25, 0.3) is 0 Å². The summed E-state index contributed by atoms with van der Waals surface area (Å²) in [5.41, 5.74) is 0.977. The molecule has 0 atom stereocenters. The lowest BCUT2D eigenvalue weighted by atomic mass is 10.1. The summed E-state index contributed by atoms with van der Waals surface area (Å²) >= 11 is 0. The zero-order valence-electron chi connectivity index (χ0n) is 8.16. The van der Waals surface area contributed by atoms with Gasteiger partial charge in [-0.3, -0.25) is 0 Å². The van der Waals surface area contributed by atoms with Gasteiger partial charge < -0.3 is 21.5 Å². The molecular weight excluding hydrogens is 212 g/mol. The van der Waals surface area contributed by atoms with Crippen molar-refractivity contribution in [3.63, 3.8) is 0 Å². The number of anilines is 1. The van der Waals surface area contributed by atoms with Crippen molar-refractivity contribution in [3.8, 4) is 0 Å². The first-order chi connectivity index (χ1) is 7.67. The molecule has 0 amide bonds. The zero-order valence-corrected chi connectivity index (χ0v) is 8.16. The van der Waals surface area contributed by atoms with Gasteiger partial charge in [-0.1, -0.05) is 5.16 Å². The van der Waals surface area contributed by atoms with Gasteiger partial charge in [0, 0.05) is 5.69 Å². The van der Waals surface area contributed by atoms with Crippen LogP contribution in [-0.4, -0.2) is 28.8 Å². The number of carbonyl (C=O) groups is 1. The number of benzene rings is 1. The first-order valence-corrected chi connectivity index (χ1v) is 4.21. The first kappa shape index (κ1) is 11.5. The summed E-state index contributed by atoms with van der Waals surface area (Å²) in [6.45, 7) is 0. The Hall–Kier alpha value is -2.57. The number of carboxylic acids is 1. The number of hydrazone groups is 1. The van der Waals surface area contributed by atoms with E-state index in [9.17, 15) is 4.79 Å². The van der Waals surface area contributed by atoms with Crippen LogP contribution in [0.15, 0.2) is 28.5 Å². The summed E-state index contributed by atoms with van der Waals surface area (Å²) in [5, 5.41) is 25.9. The van der Waals surface area contributed by atoms with E-state index in [4.69, 9.17) is 16.2 Å². The van der Waals surface area contributed by atoms with E-state index < -0.39 is 5.97 Å². The second-order valence-electron chi connectivity index (χ2n) is 2.82. The molecule has 0 saturated carbocycles. The van der Waals surface area contributed by atoms with Gasteiger partial charge in [0.1, 0.15) is 6.34 Å². The maximum atomic E-state index is 10.8. The molecule has 0 unspecified atom stereocenters. The third kappa shape index (κ3) is 2.98. The predicted molar refractivity (Wildman–Crippen MR) is 59.1 cm³/mol. The van der Waals surface area contributed by atoms with Crippen molar-refractivity contribution >= 4 is 24.2 Å². The van der Waals surface area contributed by atoms with E-state index in [1.807, 2.05) is 0 Å². The summed E-state index contributed by atoms with van der Waals surface area (Å²) in [5.74, 6) is 3.81. The minimum Gasteiger partial charge on any atom is -0.478 e. The van der Waals surface area contributed by atoms with Crippen molar-refractivity contribution in [2.24, 2.45) is 16.1 Å². The van der Waals surface area contributed by atoms with Gasteiger partial charge >= 0.3 is 5.97 Å². The molecule has 7 nitrogen and oxygen atoms in total. The number of aromatic carboxylic acids is 1. The number of oxime groups is 1. The Morgan fingerprint density at radius 3 is 2.75 bits per heavy atom. The molecule has 0 aromatic heterocycles. The summed E-state index contributed by atoms with van der Waals surface area (Å²) in [7, 11) is 0. The number of nitrogens with two attached hydrogens (primary N) is 1. The van der Waals surface area contributed by atoms with Crippen molar-refractivity contribution in [2.45, 2.75) is 0 Å². The molecule has 0 bridgehead atoms. The van der Waals surface area contributed by atoms with Crippen molar-refractivity contribution in [1.29, 1.82) is 0 Å². The molecule has 5 N–H and O–H groups in total. The molecule has 1 aromatic carbocycles. The van der Waals surface area contributed by atoms with E-state index in [1.165, 1.54) is 18.5 Å². The molecule has 1 aromatic rings. The lowest BCUT2D eigenvalue weighted by Crippen LogP contribution is -2.03. The molecule has 0 aliphatic heterocycles. The van der Waals surface area contributed by atoms with E-state index in [-0.39, 0.29) is 5.56 Å². The van der Waals surface area contributed by atoms with Crippen LogP contribution in [0.1, 0.15) is 15.9 Å². The Labute approximate surface area is 90.9 Å². The third-order valence-electron chi connectivity index (χ3n) is 1.71. The maximum Gasteiger partial charge on any atom is 0.335 e. The molecule has 84 valence electrons. The van der Waals surface area contributed by atoms with Crippen molar-refractivity contribution in [1.82, 2.24) is 0 Å². The fourth-order valence-corrected chi connectivity index (χ4v) is 1.11. The standard InChI is InChI=1S/C9H10N4O3/c10-12-5-11-8-2-6(4-13-16)1-7(3-8)9(14)15/h1-5,16H,10H2,(H,11,12)(H,14,15). The summed E-state index contributed by atoms with van der Waals surface area (Å²) < 4.78 is 0. The highest BCUT2D eigenvalue weighted by Gasteiger charge is 2.05. The Balaban J connectivity index is 3.12. The highest BCUT2D eigenvalue weighted by molar-refractivity contribution is 5.94. The van der Waals surface area contributed by atoms with Gasteiger partial charge in [-0.05, 0) is 23.8 Å². The SMILES string of the molecule is NN=CNc1cc(C=NO)cc(C(=O)O)c1. The minimum atomic E-state index is -1.08. The van der Waals surface area contributed by atoms with Crippen LogP contribution in [0.5, 0.6) is 0 Å². The van der Waals surface area contributed by atoms with Gasteiger partial charge in [0.05, 0.1) is 11.8 Å². The van der Waals surface area contributed by atoms with E-state index >= 15 is 0 Å². The molecule has 0 aliphatic carbocycles. The Morgan fingerprint density at radius 1 is 1.44 bits per heavy atom. The molecule has 16 heavy (non-hydrogen) atoms. The van der Waals surface area contributed by atoms with Crippen LogP contribution in [0.3, 0.4) is 0 Å². The quantitative estimate of drug-likeness (QED) is 0.194. The summed E-state index contributed by atoms with van der Waals surface area (Å²) in [6, 6.07) is 4.35. The topological polar surface area (TPSA) is 120 Å². The van der Waals surface area contributed by atoms with E-state index in [0.29, 0.717) is 11.3 Å². The molecule has 0 radical (unpaired) electrons. The third-order valence-corrected chi connectivity index (χ3v) is 1.71. The predicted octanol–water partition coefficient (Wildman–Crippen LogP) is 0.507. The largest absolute Gasteiger partial charge is 0.478 e. The van der Waals surface area contributed by atoms with Gasteiger partial charge in [0.2, 0.25) is 0 Å². The number of carboxylic acid groups (broad SMARTS) is 1. The average molecular weight is 222 g/mol. The second-order valence-corrected chi connectivity index (χ2v) is 2.82. The second kappa shape index (κ2) is 5.35. The van der Waals surface area contributed by atoms with E-state index in [0.717, 1.165) is 6.21 Å². The molecule has 0 aliphatic rings. The molecule has 7 heteroatoms. The fourth-order valence-electron chi connectivity index (χ4n) is 1.11. The normalized spacial score (nSPS) is 11.0. The number of nitrogens with zero attached hydrogens (tertiary/aromatic N) is 2. The first-order valence-electron chi connectivity index (χ1n) is 4.21. The van der Waals surface area contributed by atoms with Crippen LogP contribution in [0.2, 0.25) is 0 Å². The molecular formula is C9H10N4O3. The van der Waals surface area contributed by atoms with Gasteiger partial charge in [-0.25, -0.2) is 4.79 Å². The van der Waals surface area contributed by atoms with Crippen molar-refractivity contribution in [2.75, 3.05) is 5.32 Å². The fraction of sp³-hybridized carbons (Fsp3) is 0. The Morgan fingerprint density at radius 2 is 2.19 bits per heavy atom. The Kier molecular flexibility index (Phi) is 3.84. The number of hydrogen-bond acceptors (Lipinski definition) is 5. The monoisotopic (exact) mass is 222 g/mol. The number of nitrogens with one attached hydrogen (secondary N) is 1. The molecule has 0 heterocycles. The van der Waals surface area contributed by atoms with Gasteiger partial charge in [0.15, 0.2) is 0 Å². The summed E-state index contributed by atoms with van der Waals surface area (Å²) in [4.78, 5) is 10.8. The van der Waals surface area contributed by atoms with Crippen LogP contribution >= 0.6 is 0 Å². The van der Waals surface area contributed by atoms with E-state index in [1.54, 1.807) is 6.07 Å². The lowest BCUT2D eigenvalue weighted by molar-refractivity contribution is 0.0697.